The first-order valence-electron chi connectivity index (χ1n) is 8.26. The number of aryl methyl sites for hydroxylation is 1. The molecule has 0 radical (unpaired) electrons. The Hall–Kier alpha value is -0.830. The predicted molar refractivity (Wildman–Crippen MR) is 78.3 cm³/mol. The van der Waals surface area contributed by atoms with E-state index in [9.17, 15) is 0 Å². The van der Waals surface area contributed by atoms with Crippen LogP contribution in [0.4, 0.5) is 0 Å². The predicted octanol–water partition coefficient (Wildman–Crippen LogP) is 3.42. The van der Waals surface area contributed by atoms with Crippen molar-refractivity contribution < 1.29 is 4.42 Å². The van der Waals surface area contributed by atoms with Crippen LogP contribution < -0.4 is 5.73 Å². The van der Waals surface area contributed by atoms with E-state index in [1.54, 1.807) is 0 Å². The van der Waals surface area contributed by atoms with Crippen LogP contribution in [0.3, 0.4) is 0 Å². The molecule has 4 bridgehead atoms. The van der Waals surface area contributed by atoms with Crippen LogP contribution in [0.2, 0.25) is 0 Å². The van der Waals surface area contributed by atoms with Gasteiger partial charge in [-0.05, 0) is 68.7 Å². The van der Waals surface area contributed by atoms with Gasteiger partial charge in [0.25, 0.3) is 0 Å². The van der Waals surface area contributed by atoms with Crippen molar-refractivity contribution in [2.45, 2.75) is 63.7 Å². The van der Waals surface area contributed by atoms with E-state index < -0.39 is 0 Å². The van der Waals surface area contributed by atoms with Crippen molar-refractivity contribution >= 4 is 0 Å². The number of hydrogen-bond acceptors (Lipinski definition) is 3. The molecule has 2 N–H and O–H groups in total. The van der Waals surface area contributed by atoms with Crippen molar-refractivity contribution in [3.8, 4) is 0 Å². The van der Waals surface area contributed by atoms with E-state index in [0.717, 1.165) is 30.6 Å². The van der Waals surface area contributed by atoms with E-state index in [0.29, 0.717) is 17.4 Å². The molecule has 3 heteroatoms. The summed E-state index contributed by atoms with van der Waals surface area (Å²) in [6, 6.07) is 0. The van der Waals surface area contributed by atoms with Gasteiger partial charge < -0.3 is 10.2 Å². The van der Waals surface area contributed by atoms with E-state index in [-0.39, 0.29) is 0 Å². The van der Waals surface area contributed by atoms with Crippen LogP contribution in [0.25, 0.3) is 0 Å². The summed E-state index contributed by atoms with van der Waals surface area (Å²) in [6.45, 7) is 3.22. The summed E-state index contributed by atoms with van der Waals surface area (Å²) in [6.07, 6.45) is 12.2. The van der Waals surface area contributed by atoms with E-state index in [1.165, 1.54) is 44.3 Å². The molecule has 20 heavy (non-hydrogen) atoms. The number of aromatic nitrogens is 1. The second kappa shape index (κ2) is 4.33. The van der Waals surface area contributed by atoms with Crippen molar-refractivity contribution in [2.24, 2.45) is 23.0 Å². The van der Waals surface area contributed by atoms with Gasteiger partial charge in [-0.1, -0.05) is 6.92 Å². The van der Waals surface area contributed by atoms with Gasteiger partial charge in [0, 0.05) is 11.8 Å². The monoisotopic (exact) mass is 274 g/mol. The molecule has 4 aliphatic carbocycles. The molecule has 0 amide bonds. The van der Waals surface area contributed by atoms with Crippen LogP contribution in [0.15, 0.2) is 10.6 Å². The Morgan fingerprint density at radius 1 is 1.30 bits per heavy atom. The molecule has 1 aromatic rings. The Bertz CT molecular complexity index is 493. The van der Waals surface area contributed by atoms with Crippen molar-refractivity contribution in [1.29, 1.82) is 0 Å². The van der Waals surface area contributed by atoms with Gasteiger partial charge in [0.05, 0.1) is 6.20 Å². The zero-order valence-corrected chi connectivity index (χ0v) is 12.5. The lowest BCUT2D eigenvalue weighted by molar-refractivity contribution is -0.0692. The first-order valence-corrected chi connectivity index (χ1v) is 8.26. The SMILES string of the molecule is CC12CC3CC(C1)CC(c1cnc(CCCN)o1)(C3)C2. The lowest BCUT2D eigenvalue weighted by Gasteiger charge is -2.60. The summed E-state index contributed by atoms with van der Waals surface area (Å²) in [7, 11) is 0. The number of oxazole rings is 1. The lowest BCUT2D eigenvalue weighted by Crippen LogP contribution is -2.52. The largest absolute Gasteiger partial charge is 0.445 e. The molecule has 0 saturated heterocycles. The number of nitrogens with zero attached hydrogens (tertiary/aromatic N) is 1. The molecule has 110 valence electrons. The fourth-order valence-corrected chi connectivity index (χ4v) is 5.93. The van der Waals surface area contributed by atoms with E-state index in [4.69, 9.17) is 10.2 Å². The maximum absolute atomic E-state index is 6.15. The zero-order chi connectivity index (χ0) is 13.8. The third kappa shape index (κ3) is 1.93. The van der Waals surface area contributed by atoms with E-state index in [2.05, 4.69) is 11.9 Å². The summed E-state index contributed by atoms with van der Waals surface area (Å²) >= 11 is 0. The molecule has 4 aliphatic rings. The molecule has 0 aromatic carbocycles. The summed E-state index contributed by atoms with van der Waals surface area (Å²) < 4.78 is 6.15. The molecular formula is C17H26N2O. The van der Waals surface area contributed by atoms with Crippen molar-refractivity contribution in [3.05, 3.63) is 17.8 Å². The van der Waals surface area contributed by atoms with Crippen molar-refractivity contribution in [3.63, 3.8) is 0 Å². The van der Waals surface area contributed by atoms with Crippen molar-refractivity contribution in [1.82, 2.24) is 4.98 Å². The maximum Gasteiger partial charge on any atom is 0.194 e. The number of rotatable bonds is 4. The Kier molecular flexibility index (Phi) is 2.79. The highest BCUT2D eigenvalue weighted by Crippen LogP contribution is 2.65. The summed E-state index contributed by atoms with van der Waals surface area (Å²) in [5.41, 5.74) is 6.45. The average Bonchev–Trinajstić information content (AvgIpc) is 2.82. The normalized spacial score (nSPS) is 42.3. The van der Waals surface area contributed by atoms with Gasteiger partial charge >= 0.3 is 0 Å². The van der Waals surface area contributed by atoms with Gasteiger partial charge in [-0.3, -0.25) is 0 Å². The molecule has 2 unspecified atom stereocenters. The van der Waals surface area contributed by atoms with Crippen LogP contribution in [0.1, 0.15) is 63.5 Å². The molecule has 1 heterocycles. The van der Waals surface area contributed by atoms with Crippen LogP contribution in [-0.2, 0) is 11.8 Å². The highest BCUT2D eigenvalue weighted by Gasteiger charge is 2.57. The second-order valence-corrected chi connectivity index (χ2v) is 8.06. The van der Waals surface area contributed by atoms with Gasteiger partial charge in [0.15, 0.2) is 5.89 Å². The van der Waals surface area contributed by atoms with Gasteiger partial charge in [-0.15, -0.1) is 0 Å². The Morgan fingerprint density at radius 2 is 2.05 bits per heavy atom. The minimum atomic E-state index is 0.312. The number of hydrogen-bond donors (Lipinski definition) is 1. The summed E-state index contributed by atoms with van der Waals surface area (Å²) in [5.74, 6) is 3.94. The number of nitrogens with two attached hydrogens (primary N) is 1. The van der Waals surface area contributed by atoms with Gasteiger partial charge in [0.2, 0.25) is 0 Å². The average molecular weight is 274 g/mol. The topological polar surface area (TPSA) is 52.0 Å². The molecular weight excluding hydrogens is 248 g/mol. The minimum Gasteiger partial charge on any atom is -0.445 e. The quantitative estimate of drug-likeness (QED) is 0.915. The lowest BCUT2D eigenvalue weighted by atomic mass is 9.44. The van der Waals surface area contributed by atoms with E-state index in [1.807, 2.05) is 6.20 Å². The molecule has 2 atom stereocenters. The molecule has 4 saturated carbocycles. The highest BCUT2D eigenvalue weighted by atomic mass is 16.4. The van der Waals surface area contributed by atoms with Gasteiger partial charge in [-0.2, -0.15) is 0 Å². The molecule has 5 rings (SSSR count). The third-order valence-corrected chi connectivity index (χ3v) is 6.02. The standard InChI is InChI=1S/C17H26N2O/c1-16-6-12-5-13(7-16)9-17(8-12,11-16)14-10-19-15(20-14)3-2-4-18/h10,12-13H,2-9,11,18H2,1H3. The van der Waals surface area contributed by atoms with Crippen LogP contribution >= 0.6 is 0 Å². The fourth-order valence-electron chi connectivity index (χ4n) is 5.93. The summed E-state index contributed by atoms with van der Waals surface area (Å²) in [5, 5.41) is 0. The van der Waals surface area contributed by atoms with Gasteiger partial charge in [-0.25, -0.2) is 4.98 Å². The van der Waals surface area contributed by atoms with E-state index >= 15 is 0 Å². The fraction of sp³-hybridized carbons (Fsp3) is 0.824. The Labute approximate surface area is 121 Å². The maximum atomic E-state index is 6.15. The third-order valence-electron chi connectivity index (χ3n) is 6.02. The molecule has 4 fully saturated rings. The van der Waals surface area contributed by atoms with Crippen LogP contribution in [-0.4, -0.2) is 11.5 Å². The summed E-state index contributed by atoms with van der Waals surface area (Å²) in [4.78, 5) is 4.51. The van der Waals surface area contributed by atoms with Crippen molar-refractivity contribution in [2.75, 3.05) is 6.54 Å². The molecule has 3 nitrogen and oxygen atoms in total. The highest BCUT2D eigenvalue weighted by molar-refractivity contribution is 5.21. The Morgan fingerprint density at radius 3 is 2.70 bits per heavy atom. The van der Waals surface area contributed by atoms with Crippen LogP contribution in [0, 0.1) is 17.3 Å². The van der Waals surface area contributed by atoms with Crippen LogP contribution in [0.5, 0.6) is 0 Å². The molecule has 0 spiro atoms. The minimum absolute atomic E-state index is 0.312. The molecule has 1 aromatic heterocycles. The first-order chi connectivity index (χ1) is 9.61. The zero-order valence-electron chi connectivity index (χ0n) is 12.5. The smallest absolute Gasteiger partial charge is 0.194 e. The van der Waals surface area contributed by atoms with Gasteiger partial charge in [0.1, 0.15) is 5.76 Å². The first kappa shape index (κ1) is 12.9. The Balaban J connectivity index is 1.62. The molecule has 0 aliphatic heterocycles. The second-order valence-electron chi connectivity index (χ2n) is 8.06.